The molecule has 0 bridgehead atoms. The number of nitrogens with zero attached hydrogens (tertiary/aromatic N) is 1. The lowest BCUT2D eigenvalue weighted by Crippen LogP contribution is -2.43. The predicted molar refractivity (Wildman–Crippen MR) is 124 cm³/mol. The number of amides is 1. The number of rotatable bonds is 10. The molecule has 3 rings (SSSR count). The zero-order valence-corrected chi connectivity index (χ0v) is 19.6. The van der Waals surface area contributed by atoms with Crippen LogP contribution < -0.4 is 19.5 Å². The first kappa shape index (κ1) is 26.4. The SMILES string of the molecule is CCOc1ccc(C(CNC(=O)/C=C/c2ccc(OC(F)(F)F)cc2)N2CCOCC2)cc1OC. The van der Waals surface area contributed by atoms with Gasteiger partial charge in [-0.25, -0.2) is 0 Å². The maximum absolute atomic E-state index is 12.5. The van der Waals surface area contributed by atoms with Crippen LogP contribution in [0, 0.1) is 0 Å². The van der Waals surface area contributed by atoms with E-state index >= 15 is 0 Å². The van der Waals surface area contributed by atoms with Gasteiger partial charge in [0.2, 0.25) is 5.91 Å². The Hall–Kier alpha value is -3.24. The summed E-state index contributed by atoms with van der Waals surface area (Å²) in [6.45, 7) is 5.41. The lowest BCUT2D eigenvalue weighted by atomic mass is 10.0. The van der Waals surface area contributed by atoms with E-state index < -0.39 is 6.36 Å². The van der Waals surface area contributed by atoms with Crippen molar-refractivity contribution >= 4 is 12.0 Å². The van der Waals surface area contributed by atoms with Gasteiger partial charge in [0.25, 0.3) is 0 Å². The molecule has 1 aliphatic heterocycles. The number of halogens is 3. The van der Waals surface area contributed by atoms with Crippen LogP contribution in [-0.2, 0) is 9.53 Å². The summed E-state index contributed by atoms with van der Waals surface area (Å²) in [5.41, 5.74) is 1.53. The van der Waals surface area contributed by atoms with Gasteiger partial charge in [0.1, 0.15) is 5.75 Å². The molecule has 7 nitrogen and oxygen atoms in total. The number of hydrogen-bond donors (Lipinski definition) is 1. The van der Waals surface area contributed by atoms with Crippen molar-refractivity contribution in [1.82, 2.24) is 10.2 Å². The van der Waals surface area contributed by atoms with Crippen molar-refractivity contribution in [1.29, 1.82) is 0 Å². The maximum atomic E-state index is 12.5. The lowest BCUT2D eigenvalue weighted by molar-refractivity contribution is -0.274. The Morgan fingerprint density at radius 1 is 1.14 bits per heavy atom. The molecule has 0 aromatic heterocycles. The van der Waals surface area contributed by atoms with E-state index in [0.29, 0.717) is 43.4 Å². The van der Waals surface area contributed by atoms with Gasteiger partial charge in [-0.1, -0.05) is 18.2 Å². The van der Waals surface area contributed by atoms with Gasteiger partial charge in [0.15, 0.2) is 11.5 Å². The summed E-state index contributed by atoms with van der Waals surface area (Å²) >= 11 is 0. The van der Waals surface area contributed by atoms with Crippen molar-refractivity contribution in [3.8, 4) is 17.2 Å². The summed E-state index contributed by atoms with van der Waals surface area (Å²) in [5.74, 6) is 0.625. The minimum atomic E-state index is -4.75. The molecule has 2 aromatic carbocycles. The second-order valence-corrected chi connectivity index (χ2v) is 7.70. The molecule has 35 heavy (non-hydrogen) atoms. The van der Waals surface area contributed by atoms with E-state index in [1.165, 1.54) is 36.4 Å². The van der Waals surface area contributed by atoms with Crippen LogP contribution in [0.2, 0.25) is 0 Å². The molecule has 1 N–H and O–H groups in total. The molecule has 0 aliphatic carbocycles. The summed E-state index contributed by atoms with van der Waals surface area (Å²) in [7, 11) is 1.58. The monoisotopic (exact) mass is 494 g/mol. The first-order valence-corrected chi connectivity index (χ1v) is 11.2. The van der Waals surface area contributed by atoms with Gasteiger partial charge >= 0.3 is 6.36 Å². The molecule has 1 atom stereocenters. The first-order valence-electron chi connectivity index (χ1n) is 11.2. The lowest BCUT2D eigenvalue weighted by Gasteiger charge is -2.35. The van der Waals surface area contributed by atoms with E-state index in [9.17, 15) is 18.0 Å². The van der Waals surface area contributed by atoms with E-state index in [4.69, 9.17) is 14.2 Å². The molecular weight excluding hydrogens is 465 g/mol. The first-order chi connectivity index (χ1) is 16.8. The fraction of sp³-hybridized carbons (Fsp3) is 0.400. The van der Waals surface area contributed by atoms with Crippen LogP contribution in [0.15, 0.2) is 48.5 Å². The highest BCUT2D eigenvalue weighted by Gasteiger charge is 2.31. The van der Waals surface area contributed by atoms with Crippen LogP contribution in [0.1, 0.15) is 24.1 Å². The number of benzene rings is 2. The van der Waals surface area contributed by atoms with E-state index in [1.807, 2.05) is 25.1 Å². The van der Waals surface area contributed by atoms with Crippen LogP contribution in [0.3, 0.4) is 0 Å². The van der Waals surface area contributed by atoms with Gasteiger partial charge in [0, 0.05) is 25.7 Å². The molecule has 1 aliphatic rings. The third-order valence-corrected chi connectivity index (χ3v) is 5.37. The summed E-state index contributed by atoms with van der Waals surface area (Å²) in [4.78, 5) is 14.7. The van der Waals surface area contributed by atoms with Gasteiger partial charge in [-0.2, -0.15) is 0 Å². The largest absolute Gasteiger partial charge is 0.573 e. The molecule has 1 fully saturated rings. The molecule has 2 aromatic rings. The standard InChI is InChI=1S/C25H29F3N2O5/c1-3-34-22-10-7-19(16-23(22)32-2)21(30-12-14-33-15-13-30)17-29-24(31)11-6-18-4-8-20(9-5-18)35-25(26,27)28/h4-11,16,21H,3,12-15,17H2,1-2H3,(H,29,31)/b11-6+. The fourth-order valence-corrected chi connectivity index (χ4v) is 3.72. The Bertz CT molecular complexity index is 990. The summed E-state index contributed by atoms with van der Waals surface area (Å²) < 4.78 is 57.3. The van der Waals surface area contributed by atoms with Gasteiger partial charge in [-0.15, -0.1) is 13.2 Å². The summed E-state index contributed by atoms with van der Waals surface area (Å²) in [6, 6.07) is 10.9. The van der Waals surface area contributed by atoms with E-state index in [-0.39, 0.29) is 17.7 Å². The molecule has 1 saturated heterocycles. The predicted octanol–water partition coefficient (Wildman–Crippen LogP) is 4.20. The second-order valence-electron chi connectivity index (χ2n) is 7.70. The van der Waals surface area contributed by atoms with E-state index in [0.717, 1.165) is 18.7 Å². The van der Waals surface area contributed by atoms with Crippen molar-refractivity contribution in [2.45, 2.75) is 19.3 Å². The number of alkyl halides is 3. The Balaban J connectivity index is 1.66. The molecule has 10 heteroatoms. The number of methoxy groups -OCH3 is 1. The van der Waals surface area contributed by atoms with E-state index in [2.05, 4.69) is 15.0 Å². The normalized spacial score (nSPS) is 15.6. The van der Waals surface area contributed by atoms with Crippen LogP contribution in [0.4, 0.5) is 13.2 Å². The quantitative estimate of drug-likeness (QED) is 0.500. The number of carbonyl (C=O) groups is 1. The number of nitrogens with one attached hydrogen (secondary N) is 1. The Labute approximate surface area is 202 Å². The molecular formula is C25H29F3N2O5. The highest BCUT2D eigenvalue weighted by atomic mass is 19.4. The number of carbonyl (C=O) groups excluding carboxylic acids is 1. The number of morpholine rings is 1. The smallest absolute Gasteiger partial charge is 0.493 e. The third-order valence-electron chi connectivity index (χ3n) is 5.37. The molecule has 190 valence electrons. The molecule has 1 heterocycles. The fourth-order valence-electron chi connectivity index (χ4n) is 3.72. The molecule has 0 spiro atoms. The van der Waals surface area contributed by atoms with Crippen molar-refractivity contribution in [2.75, 3.05) is 46.6 Å². The van der Waals surface area contributed by atoms with Crippen LogP contribution in [0.25, 0.3) is 6.08 Å². The van der Waals surface area contributed by atoms with Crippen LogP contribution >= 0.6 is 0 Å². The average Bonchev–Trinajstić information content (AvgIpc) is 2.84. The number of hydrogen-bond acceptors (Lipinski definition) is 6. The van der Waals surface area contributed by atoms with Crippen molar-refractivity contribution in [3.63, 3.8) is 0 Å². The summed E-state index contributed by atoms with van der Waals surface area (Å²) in [6.07, 6.45) is -1.88. The van der Waals surface area contributed by atoms with Crippen LogP contribution in [-0.4, -0.2) is 63.7 Å². The Morgan fingerprint density at radius 3 is 2.49 bits per heavy atom. The number of ether oxygens (including phenoxy) is 4. The van der Waals surface area contributed by atoms with Gasteiger partial charge < -0.3 is 24.3 Å². The third kappa shape index (κ3) is 8.18. The average molecular weight is 495 g/mol. The minimum absolute atomic E-state index is 0.111. The van der Waals surface area contributed by atoms with Crippen LogP contribution in [0.5, 0.6) is 17.2 Å². The molecule has 0 radical (unpaired) electrons. The highest BCUT2D eigenvalue weighted by Crippen LogP contribution is 2.32. The van der Waals surface area contributed by atoms with Crippen molar-refractivity contribution in [2.24, 2.45) is 0 Å². The molecule has 0 saturated carbocycles. The zero-order chi connectivity index (χ0) is 25.3. The second kappa shape index (κ2) is 12.5. The summed E-state index contributed by atoms with van der Waals surface area (Å²) in [5, 5.41) is 2.91. The Morgan fingerprint density at radius 2 is 1.86 bits per heavy atom. The molecule has 1 unspecified atom stereocenters. The zero-order valence-electron chi connectivity index (χ0n) is 19.6. The van der Waals surface area contributed by atoms with Crippen molar-refractivity contribution in [3.05, 3.63) is 59.7 Å². The van der Waals surface area contributed by atoms with Gasteiger partial charge in [-0.05, 0) is 48.4 Å². The van der Waals surface area contributed by atoms with Gasteiger partial charge in [0.05, 0.1) is 33.0 Å². The Kier molecular flexibility index (Phi) is 9.39. The maximum Gasteiger partial charge on any atom is 0.573 e. The highest BCUT2D eigenvalue weighted by molar-refractivity contribution is 5.91. The van der Waals surface area contributed by atoms with Crippen molar-refractivity contribution < 1.29 is 36.9 Å². The van der Waals surface area contributed by atoms with Gasteiger partial charge in [-0.3, -0.25) is 9.69 Å². The van der Waals surface area contributed by atoms with E-state index in [1.54, 1.807) is 7.11 Å². The molecule has 1 amide bonds. The minimum Gasteiger partial charge on any atom is -0.493 e. The topological polar surface area (TPSA) is 69.3 Å².